The van der Waals surface area contributed by atoms with E-state index < -0.39 is 5.91 Å². The van der Waals surface area contributed by atoms with Crippen molar-refractivity contribution in [3.05, 3.63) is 58.6 Å². The summed E-state index contributed by atoms with van der Waals surface area (Å²) in [6.45, 7) is -0.240. The van der Waals surface area contributed by atoms with E-state index in [2.05, 4.69) is 5.32 Å². The van der Waals surface area contributed by atoms with Crippen molar-refractivity contribution in [2.24, 2.45) is 0 Å². The lowest BCUT2D eigenvalue weighted by atomic mass is 10.2. The number of hydrogen-bond acceptors (Lipinski definition) is 4. The van der Waals surface area contributed by atoms with Gasteiger partial charge in [-0.2, -0.15) is 10.5 Å². The number of halogens is 1. The molecule has 0 radical (unpaired) electrons. The minimum absolute atomic E-state index is 0.240. The van der Waals surface area contributed by atoms with Crippen molar-refractivity contribution in [3.63, 3.8) is 0 Å². The van der Waals surface area contributed by atoms with Crippen LogP contribution < -0.4 is 10.1 Å². The van der Waals surface area contributed by atoms with Crippen molar-refractivity contribution in [1.29, 1.82) is 10.5 Å². The first kappa shape index (κ1) is 15.4. The predicted octanol–water partition coefficient (Wildman–Crippen LogP) is 3.10. The Hall–Kier alpha value is -3.02. The van der Waals surface area contributed by atoms with Crippen LogP contribution in [0.3, 0.4) is 0 Å². The number of carbonyl (C=O) groups is 1. The first-order valence-corrected chi connectivity index (χ1v) is 6.63. The van der Waals surface area contributed by atoms with Crippen LogP contribution in [-0.4, -0.2) is 12.5 Å². The van der Waals surface area contributed by atoms with Gasteiger partial charge in [0.05, 0.1) is 16.1 Å². The van der Waals surface area contributed by atoms with Crippen LogP contribution in [0.4, 0.5) is 5.69 Å². The highest BCUT2D eigenvalue weighted by molar-refractivity contribution is 6.32. The molecule has 0 saturated carbocycles. The Morgan fingerprint density at radius 3 is 2.55 bits per heavy atom. The molecule has 0 atom stereocenters. The molecular formula is C16H10ClN3O2. The molecular weight excluding hydrogens is 302 g/mol. The standard InChI is InChI=1S/C16H10ClN3O2/c17-14-7-13(6-5-11(14)8-18)20-16(21)10-22-15-4-2-1-3-12(15)9-19/h1-7H,10H2,(H,20,21). The zero-order valence-corrected chi connectivity index (χ0v) is 12.1. The van der Waals surface area contributed by atoms with Crippen LogP contribution in [0.2, 0.25) is 5.02 Å². The Balaban J connectivity index is 1.98. The van der Waals surface area contributed by atoms with Crippen molar-refractivity contribution >= 4 is 23.2 Å². The molecule has 2 aromatic rings. The normalized spacial score (nSPS) is 9.41. The average molecular weight is 312 g/mol. The minimum Gasteiger partial charge on any atom is -0.482 e. The lowest BCUT2D eigenvalue weighted by Gasteiger charge is -2.09. The van der Waals surface area contributed by atoms with Crippen LogP contribution in [-0.2, 0) is 4.79 Å². The summed E-state index contributed by atoms with van der Waals surface area (Å²) in [6, 6.07) is 15.1. The number of anilines is 1. The molecule has 0 heterocycles. The molecule has 0 aromatic heterocycles. The Morgan fingerprint density at radius 1 is 1.14 bits per heavy atom. The smallest absolute Gasteiger partial charge is 0.262 e. The fourth-order valence-corrected chi connectivity index (χ4v) is 1.93. The number of hydrogen-bond donors (Lipinski definition) is 1. The van der Waals surface area contributed by atoms with Gasteiger partial charge in [0.2, 0.25) is 0 Å². The highest BCUT2D eigenvalue weighted by Crippen LogP contribution is 2.20. The third-order valence-electron chi connectivity index (χ3n) is 2.74. The molecule has 2 rings (SSSR count). The molecule has 6 heteroatoms. The summed E-state index contributed by atoms with van der Waals surface area (Å²) in [7, 11) is 0. The second-order valence-corrected chi connectivity index (χ2v) is 4.66. The molecule has 0 unspecified atom stereocenters. The number of rotatable bonds is 4. The second kappa shape index (κ2) is 7.12. The van der Waals surface area contributed by atoms with Gasteiger partial charge in [0.1, 0.15) is 17.9 Å². The average Bonchev–Trinajstić information content (AvgIpc) is 2.53. The third kappa shape index (κ3) is 3.76. The number of nitrogens with one attached hydrogen (secondary N) is 1. The SMILES string of the molecule is N#Cc1ccc(NC(=O)COc2ccccc2C#N)cc1Cl. The highest BCUT2D eigenvalue weighted by Gasteiger charge is 2.08. The summed E-state index contributed by atoms with van der Waals surface area (Å²) in [6.07, 6.45) is 0. The van der Waals surface area contributed by atoms with Crippen LogP contribution in [0.5, 0.6) is 5.75 Å². The third-order valence-corrected chi connectivity index (χ3v) is 3.05. The molecule has 0 aliphatic carbocycles. The number of amides is 1. The predicted molar refractivity (Wildman–Crippen MR) is 81.4 cm³/mol. The van der Waals surface area contributed by atoms with Gasteiger partial charge < -0.3 is 10.1 Å². The maximum atomic E-state index is 11.8. The Bertz CT molecular complexity index is 791. The van der Waals surface area contributed by atoms with E-state index in [0.717, 1.165) is 0 Å². The first-order valence-electron chi connectivity index (χ1n) is 6.25. The lowest BCUT2D eigenvalue weighted by molar-refractivity contribution is -0.118. The maximum absolute atomic E-state index is 11.8. The summed E-state index contributed by atoms with van der Waals surface area (Å²) < 4.78 is 5.32. The van der Waals surface area contributed by atoms with Gasteiger partial charge in [-0.05, 0) is 30.3 Å². The molecule has 5 nitrogen and oxygen atoms in total. The number of carbonyl (C=O) groups excluding carboxylic acids is 1. The molecule has 0 spiro atoms. The van der Waals surface area contributed by atoms with Gasteiger partial charge in [-0.25, -0.2) is 0 Å². The maximum Gasteiger partial charge on any atom is 0.262 e. The fourth-order valence-electron chi connectivity index (χ4n) is 1.71. The zero-order chi connectivity index (χ0) is 15.9. The van der Waals surface area contributed by atoms with Crippen LogP contribution in [0.1, 0.15) is 11.1 Å². The molecule has 22 heavy (non-hydrogen) atoms. The second-order valence-electron chi connectivity index (χ2n) is 4.25. The molecule has 1 N–H and O–H groups in total. The first-order chi connectivity index (χ1) is 10.6. The Kier molecular flexibility index (Phi) is 4.98. The van der Waals surface area contributed by atoms with Gasteiger partial charge in [0.15, 0.2) is 6.61 Å². The molecule has 0 saturated heterocycles. The van der Waals surface area contributed by atoms with Gasteiger partial charge in [0, 0.05) is 5.69 Å². The van der Waals surface area contributed by atoms with E-state index in [1.807, 2.05) is 12.1 Å². The summed E-state index contributed by atoms with van der Waals surface area (Å²) in [5.74, 6) is -0.0495. The van der Waals surface area contributed by atoms with Gasteiger partial charge in [-0.1, -0.05) is 23.7 Å². The van der Waals surface area contributed by atoms with E-state index in [1.165, 1.54) is 12.1 Å². The number of nitriles is 2. The molecule has 2 aromatic carbocycles. The van der Waals surface area contributed by atoms with Crippen molar-refractivity contribution in [1.82, 2.24) is 0 Å². The van der Waals surface area contributed by atoms with E-state index in [0.29, 0.717) is 22.6 Å². The molecule has 0 aliphatic rings. The van der Waals surface area contributed by atoms with E-state index in [1.54, 1.807) is 30.3 Å². The number of benzene rings is 2. The summed E-state index contributed by atoms with van der Waals surface area (Å²) >= 11 is 5.88. The zero-order valence-electron chi connectivity index (χ0n) is 11.3. The van der Waals surface area contributed by atoms with E-state index in [-0.39, 0.29) is 11.6 Å². The molecule has 0 aliphatic heterocycles. The fraction of sp³-hybridized carbons (Fsp3) is 0.0625. The topological polar surface area (TPSA) is 85.9 Å². The largest absolute Gasteiger partial charge is 0.482 e. The lowest BCUT2D eigenvalue weighted by Crippen LogP contribution is -2.20. The van der Waals surface area contributed by atoms with Crippen LogP contribution >= 0.6 is 11.6 Å². The van der Waals surface area contributed by atoms with Crippen molar-refractivity contribution in [2.45, 2.75) is 0 Å². The minimum atomic E-state index is -0.395. The van der Waals surface area contributed by atoms with E-state index in [9.17, 15) is 4.79 Å². The number of ether oxygens (including phenoxy) is 1. The summed E-state index contributed by atoms with van der Waals surface area (Å²) in [4.78, 5) is 11.8. The number of para-hydroxylation sites is 1. The van der Waals surface area contributed by atoms with Crippen LogP contribution in [0.25, 0.3) is 0 Å². The molecule has 108 valence electrons. The van der Waals surface area contributed by atoms with Gasteiger partial charge in [-0.3, -0.25) is 4.79 Å². The van der Waals surface area contributed by atoms with Gasteiger partial charge >= 0.3 is 0 Å². The molecule has 0 fully saturated rings. The molecule has 0 bridgehead atoms. The van der Waals surface area contributed by atoms with Crippen LogP contribution in [0, 0.1) is 22.7 Å². The summed E-state index contributed by atoms with van der Waals surface area (Å²) in [5.41, 5.74) is 1.15. The van der Waals surface area contributed by atoms with Crippen molar-refractivity contribution < 1.29 is 9.53 Å². The quantitative estimate of drug-likeness (QED) is 0.940. The van der Waals surface area contributed by atoms with Crippen molar-refractivity contribution in [3.8, 4) is 17.9 Å². The number of nitrogens with zero attached hydrogens (tertiary/aromatic N) is 2. The van der Waals surface area contributed by atoms with Crippen LogP contribution in [0.15, 0.2) is 42.5 Å². The Morgan fingerprint density at radius 2 is 1.86 bits per heavy atom. The Labute approximate surface area is 132 Å². The van der Waals surface area contributed by atoms with Gasteiger partial charge in [-0.15, -0.1) is 0 Å². The van der Waals surface area contributed by atoms with Gasteiger partial charge in [0.25, 0.3) is 5.91 Å². The molecule has 1 amide bonds. The highest BCUT2D eigenvalue weighted by atomic mass is 35.5. The van der Waals surface area contributed by atoms with Crippen molar-refractivity contribution in [2.75, 3.05) is 11.9 Å². The van der Waals surface area contributed by atoms with E-state index >= 15 is 0 Å². The van der Waals surface area contributed by atoms with E-state index in [4.69, 9.17) is 26.9 Å². The summed E-state index contributed by atoms with van der Waals surface area (Å²) in [5, 5.41) is 20.6. The monoisotopic (exact) mass is 311 g/mol.